The maximum absolute atomic E-state index is 5.73. The van der Waals surface area contributed by atoms with Crippen LogP contribution in [-0.2, 0) is 0 Å². The number of nitrogens with zero attached hydrogens (tertiary/aromatic N) is 2. The van der Waals surface area contributed by atoms with Gasteiger partial charge in [0.05, 0.1) is 5.02 Å². The van der Waals surface area contributed by atoms with E-state index in [9.17, 15) is 0 Å². The molecular weight excluding hydrogens is 172 g/mol. The van der Waals surface area contributed by atoms with Crippen LogP contribution in [0.1, 0.15) is 13.8 Å². The third-order valence-electron chi connectivity index (χ3n) is 1.35. The zero-order valence-corrected chi connectivity index (χ0v) is 7.92. The van der Waals surface area contributed by atoms with Gasteiger partial charge in [0, 0.05) is 18.6 Å². The average Bonchev–Trinajstić information content (AvgIpc) is 2.54. The summed E-state index contributed by atoms with van der Waals surface area (Å²) in [6.45, 7) is 4.00. The van der Waals surface area contributed by atoms with Crippen molar-refractivity contribution in [1.29, 1.82) is 0 Å². The highest BCUT2D eigenvalue weighted by Gasteiger charge is 1.91. The minimum atomic E-state index is 0.727. The Labute approximate surface area is 76.8 Å². The Morgan fingerprint density at radius 2 is 2.08 bits per heavy atom. The lowest BCUT2D eigenvalue weighted by Gasteiger charge is -1.91. The molecule has 0 saturated carbocycles. The van der Waals surface area contributed by atoms with Crippen LogP contribution in [-0.4, -0.2) is 9.38 Å². The highest BCUT2D eigenvalue weighted by molar-refractivity contribution is 6.30. The van der Waals surface area contributed by atoms with Crippen LogP contribution in [0.2, 0.25) is 5.02 Å². The fraction of sp³-hybridized carbons (Fsp3) is 0.222. The van der Waals surface area contributed by atoms with Crippen LogP contribution in [0.25, 0.3) is 5.65 Å². The first-order valence-electron chi connectivity index (χ1n) is 3.94. The Morgan fingerprint density at radius 1 is 1.33 bits per heavy atom. The van der Waals surface area contributed by atoms with Crippen LogP contribution >= 0.6 is 11.6 Å². The van der Waals surface area contributed by atoms with E-state index in [1.807, 2.05) is 42.8 Å². The molecule has 0 N–H and O–H groups in total. The second-order valence-electron chi connectivity index (χ2n) is 2.04. The number of pyridine rings is 1. The third-order valence-corrected chi connectivity index (χ3v) is 1.58. The molecule has 0 aliphatic carbocycles. The summed E-state index contributed by atoms with van der Waals surface area (Å²) in [6.07, 6.45) is 5.43. The second kappa shape index (κ2) is 4.12. The number of hydrogen-bond acceptors (Lipinski definition) is 1. The fourth-order valence-corrected chi connectivity index (χ4v) is 1.06. The minimum absolute atomic E-state index is 0.727. The largest absolute Gasteiger partial charge is 0.306 e. The number of hydrogen-bond donors (Lipinski definition) is 0. The van der Waals surface area contributed by atoms with E-state index in [0.717, 1.165) is 10.7 Å². The highest BCUT2D eigenvalue weighted by Crippen LogP contribution is 2.08. The number of halogens is 1. The van der Waals surface area contributed by atoms with Crippen LogP contribution in [0.3, 0.4) is 0 Å². The average molecular weight is 183 g/mol. The van der Waals surface area contributed by atoms with Gasteiger partial charge in [0.1, 0.15) is 5.65 Å². The predicted molar refractivity (Wildman–Crippen MR) is 51.6 cm³/mol. The van der Waals surface area contributed by atoms with Gasteiger partial charge in [0.25, 0.3) is 0 Å². The molecule has 2 aromatic rings. The van der Waals surface area contributed by atoms with Crippen LogP contribution < -0.4 is 0 Å². The lowest BCUT2D eigenvalue weighted by Crippen LogP contribution is -1.79. The van der Waals surface area contributed by atoms with Gasteiger partial charge in [0.2, 0.25) is 0 Å². The molecule has 2 rings (SSSR count). The number of rotatable bonds is 0. The zero-order valence-electron chi connectivity index (χ0n) is 7.16. The normalized spacial score (nSPS) is 9.25. The Balaban J connectivity index is 0.000000336. The first-order valence-corrected chi connectivity index (χ1v) is 4.32. The molecule has 0 atom stereocenters. The highest BCUT2D eigenvalue weighted by atomic mass is 35.5. The summed E-state index contributed by atoms with van der Waals surface area (Å²) in [6, 6.07) is 3.70. The van der Waals surface area contributed by atoms with Gasteiger partial charge in [-0.1, -0.05) is 25.4 Å². The molecule has 12 heavy (non-hydrogen) atoms. The van der Waals surface area contributed by atoms with Gasteiger partial charge in [0.15, 0.2) is 0 Å². The maximum Gasteiger partial charge on any atom is 0.136 e. The van der Waals surface area contributed by atoms with Crippen LogP contribution in [0.5, 0.6) is 0 Å². The van der Waals surface area contributed by atoms with Crippen LogP contribution in [0.15, 0.2) is 30.7 Å². The molecule has 64 valence electrons. The van der Waals surface area contributed by atoms with Gasteiger partial charge >= 0.3 is 0 Å². The smallest absolute Gasteiger partial charge is 0.136 e. The van der Waals surface area contributed by atoms with Crippen molar-refractivity contribution in [2.75, 3.05) is 0 Å². The number of fused-ring (bicyclic) bond motifs is 1. The van der Waals surface area contributed by atoms with Crippen molar-refractivity contribution in [2.45, 2.75) is 13.8 Å². The molecule has 3 heteroatoms. The molecule has 0 aliphatic rings. The summed E-state index contributed by atoms with van der Waals surface area (Å²) < 4.78 is 1.88. The molecule has 0 spiro atoms. The molecule has 0 fully saturated rings. The van der Waals surface area contributed by atoms with Crippen LogP contribution in [0, 0.1) is 0 Å². The number of aromatic nitrogens is 2. The van der Waals surface area contributed by atoms with Crippen molar-refractivity contribution in [3.8, 4) is 0 Å². The van der Waals surface area contributed by atoms with Crippen molar-refractivity contribution >= 4 is 17.2 Å². The van der Waals surface area contributed by atoms with Crippen molar-refractivity contribution < 1.29 is 0 Å². The lowest BCUT2D eigenvalue weighted by atomic mass is 10.5. The first-order chi connectivity index (χ1) is 5.86. The van der Waals surface area contributed by atoms with Gasteiger partial charge in [-0.05, 0) is 12.1 Å². The zero-order chi connectivity index (χ0) is 8.97. The fourth-order valence-electron chi connectivity index (χ4n) is 0.893. The molecule has 0 bridgehead atoms. The van der Waals surface area contributed by atoms with Crippen molar-refractivity contribution in [2.24, 2.45) is 0 Å². The molecular formula is C9H11ClN2. The van der Waals surface area contributed by atoms with E-state index in [4.69, 9.17) is 11.6 Å². The standard InChI is InChI=1S/C7H5ClN2.C2H6/c8-6-1-2-7-9-3-4-10(7)5-6;1-2/h1-5H;1-2H3. The molecule has 2 aromatic heterocycles. The Kier molecular flexibility index (Phi) is 3.11. The number of imidazole rings is 1. The molecule has 0 radical (unpaired) electrons. The summed E-state index contributed by atoms with van der Waals surface area (Å²) in [5, 5.41) is 0.727. The third kappa shape index (κ3) is 1.77. The van der Waals surface area contributed by atoms with E-state index >= 15 is 0 Å². The van der Waals surface area contributed by atoms with Crippen LogP contribution in [0.4, 0.5) is 0 Å². The van der Waals surface area contributed by atoms with Gasteiger partial charge in [-0.25, -0.2) is 4.98 Å². The van der Waals surface area contributed by atoms with E-state index in [2.05, 4.69) is 4.98 Å². The monoisotopic (exact) mass is 182 g/mol. The quantitative estimate of drug-likeness (QED) is 0.612. The Hall–Kier alpha value is -1.02. The molecule has 0 saturated heterocycles. The van der Waals surface area contributed by atoms with Gasteiger partial charge < -0.3 is 4.40 Å². The topological polar surface area (TPSA) is 17.3 Å². The molecule has 0 aromatic carbocycles. The van der Waals surface area contributed by atoms with Crippen molar-refractivity contribution in [3.63, 3.8) is 0 Å². The van der Waals surface area contributed by atoms with E-state index in [1.54, 1.807) is 6.20 Å². The molecule has 2 nitrogen and oxygen atoms in total. The van der Waals surface area contributed by atoms with Crippen molar-refractivity contribution in [3.05, 3.63) is 35.7 Å². The first kappa shape index (κ1) is 9.07. The molecule has 0 unspecified atom stereocenters. The summed E-state index contributed by atoms with van der Waals surface area (Å²) in [4.78, 5) is 4.06. The maximum atomic E-state index is 5.73. The Morgan fingerprint density at radius 3 is 2.83 bits per heavy atom. The summed E-state index contributed by atoms with van der Waals surface area (Å²) >= 11 is 5.73. The molecule has 2 heterocycles. The van der Waals surface area contributed by atoms with E-state index in [1.165, 1.54) is 0 Å². The van der Waals surface area contributed by atoms with E-state index in [-0.39, 0.29) is 0 Å². The molecule has 0 amide bonds. The second-order valence-corrected chi connectivity index (χ2v) is 2.48. The minimum Gasteiger partial charge on any atom is -0.306 e. The van der Waals surface area contributed by atoms with E-state index < -0.39 is 0 Å². The SMILES string of the molecule is CC.Clc1ccc2nccn2c1. The lowest BCUT2D eigenvalue weighted by molar-refractivity contribution is 1.19. The Bertz CT molecular complexity index is 354. The summed E-state index contributed by atoms with van der Waals surface area (Å²) in [5.74, 6) is 0. The van der Waals surface area contributed by atoms with Gasteiger partial charge in [-0.2, -0.15) is 0 Å². The molecule has 0 aliphatic heterocycles. The van der Waals surface area contributed by atoms with Gasteiger partial charge in [-0.15, -0.1) is 0 Å². The predicted octanol–water partition coefficient (Wildman–Crippen LogP) is 3.01. The van der Waals surface area contributed by atoms with E-state index in [0.29, 0.717) is 0 Å². The summed E-state index contributed by atoms with van der Waals surface area (Å²) in [5.41, 5.74) is 0.921. The van der Waals surface area contributed by atoms with Crippen molar-refractivity contribution in [1.82, 2.24) is 9.38 Å². The van der Waals surface area contributed by atoms with Gasteiger partial charge in [-0.3, -0.25) is 0 Å². The summed E-state index contributed by atoms with van der Waals surface area (Å²) in [7, 11) is 0.